The molecule has 3 heterocycles. The predicted molar refractivity (Wildman–Crippen MR) is 140 cm³/mol. The van der Waals surface area contributed by atoms with E-state index >= 15 is 4.39 Å². The van der Waals surface area contributed by atoms with E-state index in [0.717, 1.165) is 6.26 Å². The summed E-state index contributed by atoms with van der Waals surface area (Å²) in [7, 11) is -3.32. The Morgan fingerprint density at radius 3 is 2.46 bits per heavy atom. The molecule has 1 aliphatic rings. The van der Waals surface area contributed by atoms with Gasteiger partial charge in [-0.3, -0.25) is 0 Å². The number of anilines is 1. The molecule has 0 amide bonds. The molecule has 0 aliphatic carbocycles. The van der Waals surface area contributed by atoms with Gasteiger partial charge in [0.1, 0.15) is 34.8 Å². The number of imidazole rings is 1. The van der Waals surface area contributed by atoms with E-state index in [9.17, 15) is 21.6 Å². The van der Waals surface area contributed by atoms with E-state index in [-0.39, 0.29) is 47.5 Å². The van der Waals surface area contributed by atoms with Gasteiger partial charge < -0.3 is 15.2 Å². The third-order valence-electron chi connectivity index (χ3n) is 6.22. The van der Waals surface area contributed by atoms with Crippen LogP contribution in [0.2, 0.25) is 5.02 Å². The number of halogens is 5. The Morgan fingerprint density at radius 1 is 1.18 bits per heavy atom. The largest absolute Gasteiger partial charge is 0.420 e. The van der Waals surface area contributed by atoms with Gasteiger partial charge in [-0.05, 0) is 30.5 Å². The van der Waals surface area contributed by atoms with Crippen molar-refractivity contribution >= 4 is 27.6 Å². The molecule has 3 aromatic rings. The molecule has 1 saturated heterocycles. The molecule has 15 heteroatoms. The van der Waals surface area contributed by atoms with Crippen molar-refractivity contribution in [1.29, 1.82) is 0 Å². The molecule has 0 atom stereocenters. The lowest BCUT2D eigenvalue weighted by atomic mass is 10.1. The second-order valence-corrected chi connectivity index (χ2v) is 12.0. The Bertz CT molecular complexity index is 1420. The summed E-state index contributed by atoms with van der Waals surface area (Å²) in [5.41, 5.74) is -1.18. The highest BCUT2D eigenvalue weighted by Crippen LogP contribution is 2.36. The van der Waals surface area contributed by atoms with Gasteiger partial charge in [-0.1, -0.05) is 25.4 Å². The summed E-state index contributed by atoms with van der Waals surface area (Å²) < 4.78 is 82.5. The lowest BCUT2D eigenvalue weighted by Crippen LogP contribution is -2.42. The number of piperidine rings is 1. The highest BCUT2D eigenvalue weighted by Gasteiger charge is 2.36. The average Bonchev–Trinajstić information content (AvgIpc) is 3.31. The van der Waals surface area contributed by atoms with E-state index in [1.54, 1.807) is 6.07 Å². The minimum Gasteiger partial charge on any atom is -0.351 e. The number of benzene rings is 1. The average molecular weight is 590 g/mol. The van der Waals surface area contributed by atoms with Gasteiger partial charge in [-0.15, -0.1) is 0 Å². The molecule has 0 unspecified atom stereocenters. The van der Waals surface area contributed by atoms with Crippen LogP contribution in [-0.2, 0) is 22.7 Å². The number of nitrogens with one attached hydrogen (secondary N) is 2. The highest BCUT2D eigenvalue weighted by atomic mass is 35.5. The number of alkyl halides is 3. The quantitative estimate of drug-likeness (QED) is 0.374. The molecule has 1 aliphatic heterocycles. The number of hydrogen-bond acceptors (Lipinski definition) is 7. The first-order chi connectivity index (χ1) is 18.2. The molecule has 2 N–H and O–H groups in total. The first kappa shape index (κ1) is 29.2. The molecule has 0 saturated carbocycles. The van der Waals surface area contributed by atoms with Crippen molar-refractivity contribution in [2.24, 2.45) is 0 Å². The molecule has 9 nitrogen and oxygen atoms in total. The second-order valence-electron chi connectivity index (χ2n) is 9.64. The van der Waals surface area contributed by atoms with E-state index < -0.39 is 33.3 Å². The van der Waals surface area contributed by atoms with Crippen molar-refractivity contribution in [3.8, 4) is 17.1 Å². The number of aromatic nitrogens is 4. The van der Waals surface area contributed by atoms with Crippen molar-refractivity contribution in [3.05, 3.63) is 52.8 Å². The molecular weight excluding hydrogens is 562 g/mol. The van der Waals surface area contributed by atoms with Crippen LogP contribution in [0.4, 0.5) is 23.5 Å². The van der Waals surface area contributed by atoms with Gasteiger partial charge in [-0.2, -0.15) is 13.2 Å². The smallest absolute Gasteiger partial charge is 0.351 e. The van der Waals surface area contributed by atoms with Gasteiger partial charge in [0.25, 0.3) is 0 Å². The Balaban J connectivity index is 1.61. The molecule has 39 heavy (non-hydrogen) atoms. The highest BCUT2D eigenvalue weighted by molar-refractivity contribution is 7.88. The molecule has 0 bridgehead atoms. The van der Waals surface area contributed by atoms with Crippen molar-refractivity contribution in [3.63, 3.8) is 0 Å². The number of nitrogens with zero attached hydrogens (tertiary/aromatic N) is 5. The fourth-order valence-electron chi connectivity index (χ4n) is 4.22. The maximum absolute atomic E-state index is 15.0. The van der Waals surface area contributed by atoms with Crippen LogP contribution in [0.5, 0.6) is 0 Å². The maximum Gasteiger partial charge on any atom is 0.420 e. The Morgan fingerprint density at radius 2 is 1.87 bits per heavy atom. The van der Waals surface area contributed by atoms with Crippen LogP contribution in [-0.4, -0.2) is 63.7 Å². The SMILES string of the molecule is CC(C)NCc1cc(F)c(-n2cnc(-c3nc(NC4CCN(S(C)(=O)=O)CC4)ncc3C(F)(F)F)c2)c(Cl)c1. The van der Waals surface area contributed by atoms with Crippen molar-refractivity contribution in [1.82, 2.24) is 29.1 Å². The maximum atomic E-state index is 15.0. The van der Waals surface area contributed by atoms with Crippen LogP contribution < -0.4 is 10.6 Å². The van der Waals surface area contributed by atoms with Crippen LogP contribution in [0, 0.1) is 5.82 Å². The van der Waals surface area contributed by atoms with Gasteiger partial charge in [0.05, 0.1) is 11.3 Å². The second kappa shape index (κ2) is 11.4. The van der Waals surface area contributed by atoms with Crippen LogP contribution in [0.15, 0.2) is 30.9 Å². The van der Waals surface area contributed by atoms with Gasteiger partial charge in [0.15, 0.2) is 0 Å². The normalized spacial score (nSPS) is 15.7. The van der Waals surface area contributed by atoms with Crippen LogP contribution in [0.1, 0.15) is 37.8 Å². The summed E-state index contributed by atoms with van der Waals surface area (Å²) in [5.74, 6) is -0.717. The van der Waals surface area contributed by atoms with Crippen molar-refractivity contribution in [2.45, 2.75) is 51.5 Å². The zero-order valence-electron chi connectivity index (χ0n) is 21.4. The molecule has 2 aromatic heterocycles. The Kier molecular flexibility index (Phi) is 8.50. The number of sulfonamides is 1. The predicted octanol–water partition coefficient (Wildman–Crippen LogP) is 4.47. The van der Waals surface area contributed by atoms with E-state index in [4.69, 9.17) is 11.6 Å². The number of hydrogen-bond donors (Lipinski definition) is 2. The molecule has 1 aromatic carbocycles. The first-order valence-electron chi connectivity index (χ1n) is 12.1. The molecule has 212 valence electrons. The van der Waals surface area contributed by atoms with E-state index in [2.05, 4.69) is 25.6 Å². The van der Waals surface area contributed by atoms with Crippen molar-refractivity contribution < 1.29 is 26.0 Å². The first-order valence-corrected chi connectivity index (χ1v) is 14.4. The van der Waals surface area contributed by atoms with Gasteiger partial charge >= 0.3 is 6.18 Å². The minimum absolute atomic E-state index is 0.0534. The van der Waals surface area contributed by atoms with Gasteiger partial charge in [0.2, 0.25) is 16.0 Å². The summed E-state index contributed by atoms with van der Waals surface area (Å²) in [6.07, 6.45) is 0.280. The third-order valence-corrected chi connectivity index (χ3v) is 7.82. The Labute approximate surface area is 228 Å². The van der Waals surface area contributed by atoms with E-state index in [1.807, 2.05) is 13.8 Å². The Hall–Kier alpha value is -2.81. The monoisotopic (exact) mass is 589 g/mol. The summed E-state index contributed by atoms with van der Waals surface area (Å²) >= 11 is 6.34. The number of rotatable bonds is 8. The van der Waals surface area contributed by atoms with Crippen LogP contribution in [0.3, 0.4) is 0 Å². The summed E-state index contributed by atoms with van der Waals surface area (Å²) in [6.45, 7) is 4.83. The molecule has 4 rings (SSSR count). The lowest BCUT2D eigenvalue weighted by Gasteiger charge is -2.30. The minimum atomic E-state index is -4.77. The van der Waals surface area contributed by atoms with Crippen LogP contribution >= 0.6 is 11.6 Å². The van der Waals surface area contributed by atoms with E-state index in [0.29, 0.717) is 31.1 Å². The summed E-state index contributed by atoms with van der Waals surface area (Å²) in [5, 5.41) is 6.23. The zero-order chi connectivity index (χ0) is 28.5. The molecular formula is C24H28ClF4N7O2S. The zero-order valence-corrected chi connectivity index (χ0v) is 23.0. The van der Waals surface area contributed by atoms with Crippen molar-refractivity contribution in [2.75, 3.05) is 24.7 Å². The van der Waals surface area contributed by atoms with E-state index in [1.165, 1.54) is 27.5 Å². The topological polar surface area (TPSA) is 105 Å². The third kappa shape index (κ3) is 7.04. The fourth-order valence-corrected chi connectivity index (χ4v) is 5.43. The summed E-state index contributed by atoms with van der Waals surface area (Å²) in [4.78, 5) is 12.0. The summed E-state index contributed by atoms with van der Waals surface area (Å²) in [6, 6.07) is 2.83. The standard InChI is InChI=1S/C24H28ClF4N7O2S/c1-14(2)30-10-15-8-18(25)22(19(26)9-15)35-12-20(32-13-35)21-17(24(27,28)29)11-31-23(34-21)33-16-4-6-36(7-5-16)39(3,37)38/h8-9,11-14,16,30H,4-7,10H2,1-3H3,(H,31,33,34). The van der Waals surface area contributed by atoms with Crippen LogP contribution in [0.25, 0.3) is 17.1 Å². The lowest BCUT2D eigenvalue weighted by molar-refractivity contribution is -0.137. The molecule has 0 spiro atoms. The molecule has 0 radical (unpaired) electrons. The van der Waals surface area contributed by atoms with Gasteiger partial charge in [0, 0.05) is 44.1 Å². The fraction of sp³-hybridized carbons (Fsp3) is 0.458. The molecule has 1 fully saturated rings. The van der Waals surface area contributed by atoms with Gasteiger partial charge in [-0.25, -0.2) is 32.1 Å².